The van der Waals surface area contributed by atoms with Crippen molar-refractivity contribution in [2.45, 2.75) is 39.2 Å². The Labute approximate surface area is 175 Å². The molecule has 1 atom stereocenters. The van der Waals surface area contributed by atoms with Crippen molar-refractivity contribution in [3.63, 3.8) is 0 Å². The van der Waals surface area contributed by atoms with E-state index in [-0.39, 0.29) is 23.8 Å². The first kappa shape index (κ1) is 20.9. The lowest BCUT2D eigenvalue weighted by Gasteiger charge is -2.18. The summed E-state index contributed by atoms with van der Waals surface area (Å²) in [7, 11) is 0. The van der Waals surface area contributed by atoms with Crippen LogP contribution in [0.25, 0.3) is 0 Å². The van der Waals surface area contributed by atoms with E-state index in [4.69, 9.17) is 11.6 Å². The van der Waals surface area contributed by atoms with Crippen LogP contribution in [0.4, 0.5) is 11.4 Å². The molecule has 0 aliphatic carbocycles. The Morgan fingerprint density at radius 3 is 2.62 bits per heavy atom. The van der Waals surface area contributed by atoms with Crippen molar-refractivity contribution in [1.29, 1.82) is 0 Å². The Hall–Kier alpha value is -2.86. The monoisotopic (exact) mass is 413 g/mol. The molecule has 0 saturated carbocycles. The van der Waals surface area contributed by atoms with Gasteiger partial charge in [0.05, 0.1) is 22.0 Å². The highest BCUT2D eigenvalue weighted by atomic mass is 35.5. The van der Waals surface area contributed by atoms with Crippen LogP contribution < -0.4 is 15.5 Å². The Balaban J connectivity index is 1.83. The van der Waals surface area contributed by atoms with Gasteiger partial charge in [-0.25, -0.2) is 0 Å². The minimum atomic E-state index is -0.377. The molecule has 6 nitrogen and oxygen atoms in total. The predicted molar refractivity (Wildman–Crippen MR) is 115 cm³/mol. The third-order valence-corrected chi connectivity index (χ3v) is 5.30. The van der Waals surface area contributed by atoms with Crippen LogP contribution >= 0.6 is 11.6 Å². The van der Waals surface area contributed by atoms with E-state index in [9.17, 15) is 14.4 Å². The van der Waals surface area contributed by atoms with Gasteiger partial charge in [0.2, 0.25) is 5.91 Å². The molecular formula is C22H24ClN3O3. The van der Waals surface area contributed by atoms with E-state index in [1.807, 2.05) is 13.8 Å². The van der Waals surface area contributed by atoms with Gasteiger partial charge >= 0.3 is 0 Å². The van der Waals surface area contributed by atoms with Crippen LogP contribution in [0, 0.1) is 0 Å². The Morgan fingerprint density at radius 2 is 1.93 bits per heavy atom. The normalized spacial score (nSPS) is 14.6. The maximum absolute atomic E-state index is 12.8. The van der Waals surface area contributed by atoms with Crippen LogP contribution in [0.1, 0.15) is 53.8 Å². The minimum absolute atomic E-state index is 0.00322. The third kappa shape index (κ3) is 4.77. The zero-order valence-corrected chi connectivity index (χ0v) is 17.3. The quantitative estimate of drug-likeness (QED) is 0.743. The molecule has 0 radical (unpaired) electrons. The maximum atomic E-state index is 12.8. The lowest BCUT2D eigenvalue weighted by Crippen LogP contribution is -2.32. The van der Waals surface area contributed by atoms with Crippen molar-refractivity contribution in [2.75, 3.05) is 16.8 Å². The van der Waals surface area contributed by atoms with E-state index in [0.717, 1.165) is 12.8 Å². The van der Waals surface area contributed by atoms with Crippen molar-refractivity contribution in [1.82, 2.24) is 5.32 Å². The third-order valence-electron chi connectivity index (χ3n) is 4.98. The van der Waals surface area contributed by atoms with E-state index in [1.165, 1.54) is 0 Å². The van der Waals surface area contributed by atoms with Gasteiger partial charge in [0.15, 0.2) is 0 Å². The molecule has 1 unspecified atom stereocenters. The molecule has 2 aromatic rings. The second-order valence-electron chi connectivity index (χ2n) is 7.10. The van der Waals surface area contributed by atoms with Crippen LogP contribution in [-0.4, -0.2) is 30.3 Å². The average Bonchev–Trinajstić information content (AvgIpc) is 3.14. The second-order valence-corrected chi connectivity index (χ2v) is 7.50. The lowest BCUT2D eigenvalue weighted by molar-refractivity contribution is -0.117. The van der Waals surface area contributed by atoms with Crippen LogP contribution in [0.15, 0.2) is 42.5 Å². The van der Waals surface area contributed by atoms with Gasteiger partial charge in [-0.2, -0.15) is 0 Å². The molecule has 1 heterocycles. The van der Waals surface area contributed by atoms with Crippen molar-refractivity contribution < 1.29 is 14.4 Å². The van der Waals surface area contributed by atoms with Crippen LogP contribution in [0.5, 0.6) is 0 Å². The maximum Gasteiger partial charge on any atom is 0.255 e. The summed E-state index contributed by atoms with van der Waals surface area (Å²) in [5.41, 5.74) is 1.71. The van der Waals surface area contributed by atoms with E-state index >= 15 is 0 Å². The molecule has 3 rings (SSSR count). The zero-order valence-electron chi connectivity index (χ0n) is 16.5. The second kappa shape index (κ2) is 9.09. The summed E-state index contributed by atoms with van der Waals surface area (Å²) < 4.78 is 0. The first-order chi connectivity index (χ1) is 13.9. The zero-order chi connectivity index (χ0) is 21.0. The number of para-hydroxylation sites is 1. The molecule has 7 heteroatoms. The number of hydrogen-bond donors (Lipinski definition) is 2. The number of anilines is 2. The van der Waals surface area contributed by atoms with Crippen LogP contribution in [0.2, 0.25) is 5.02 Å². The Morgan fingerprint density at radius 1 is 1.17 bits per heavy atom. The Bertz CT molecular complexity index is 945. The molecule has 0 bridgehead atoms. The molecule has 1 fully saturated rings. The molecule has 1 aliphatic rings. The lowest BCUT2D eigenvalue weighted by atomic mass is 10.1. The number of rotatable bonds is 6. The van der Waals surface area contributed by atoms with Crippen LogP contribution in [0.3, 0.4) is 0 Å². The van der Waals surface area contributed by atoms with E-state index in [2.05, 4.69) is 10.6 Å². The van der Waals surface area contributed by atoms with Crippen molar-refractivity contribution in [2.24, 2.45) is 0 Å². The Kier molecular flexibility index (Phi) is 6.54. The molecule has 1 aliphatic heterocycles. The molecule has 29 heavy (non-hydrogen) atoms. The van der Waals surface area contributed by atoms with Crippen molar-refractivity contribution >= 4 is 40.7 Å². The van der Waals surface area contributed by atoms with Gasteiger partial charge in [0.25, 0.3) is 11.8 Å². The molecule has 0 spiro atoms. The predicted octanol–water partition coefficient (Wildman–Crippen LogP) is 4.25. The fraction of sp³-hybridized carbons (Fsp3) is 0.318. The highest BCUT2D eigenvalue weighted by Crippen LogP contribution is 2.30. The first-order valence-corrected chi connectivity index (χ1v) is 10.1. The van der Waals surface area contributed by atoms with Gasteiger partial charge in [-0.15, -0.1) is 0 Å². The van der Waals surface area contributed by atoms with Crippen molar-refractivity contribution in [3.05, 3.63) is 58.6 Å². The van der Waals surface area contributed by atoms with Gasteiger partial charge in [-0.3, -0.25) is 14.4 Å². The highest BCUT2D eigenvalue weighted by molar-refractivity contribution is 6.34. The molecule has 1 saturated heterocycles. The topological polar surface area (TPSA) is 78.5 Å². The van der Waals surface area contributed by atoms with Gasteiger partial charge in [-0.05, 0) is 50.1 Å². The summed E-state index contributed by atoms with van der Waals surface area (Å²) in [6, 6.07) is 11.7. The first-order valence-electron chi connectivity index (χ1n) is 9.72. The fourth-order valence-electron chi connectivity index (χ4n) is 3.15. The SMILES string of the molecule is CCC(C)NC(=O)c1ccccc1NC(=O)c1ccc(Cl)c(N2CCCC2=O)c1. The number of halogens is 1. The van der Waals surface area contributed by atoms with Crippen molar-refractivity contribution in [3.8, 4) is 0 Å². The number of benzene rings is 2. The number of nitrogens with zero attached hydrogens (tertiary/aromatic N) is 1. The summed E-state index contributed by atoms with van der Waals surface area (Å²) in [6.07, 6.45) is 2.05. The van der Waals surface area contributed by atoms with Crippen LogP contribution in [-0.2, 0) is 4.79 Å². The van der Waals surface area contributed by atoms with Gasteiger partial charge in [0.1, 0.15) is 0 Å². The van der Waals surface area contributed by atoms with Gasteiger partial charge < -0.3 is 15.5 Å². The van der Waals surface area contributed by atoms with Gasteiger partial charge in [-0.1, -0.05) is 30.7 Å². The summed E-state index contributed by atoms with van der Waals surface area (Å²) in [6.45, 7) is 4.50. The number of carbonyl (C=O) groups is 3. The average molecular weight is 414 g/mol. The molecule has 3 amide bonds. The van der Waals surface area contributed by atoms with E-state index in [0.29, 0.717) is 40.5 Å². The summed E-state index contributed by atoms with van der Waals surface area (Å²) in [4.78, 5) is 39.0. The number of nitrogens with one attached hydrogen (secondary N) is 2. The largest absolute Gasteiger partial charge is 0.350 e. The number of hydrogen-bond acceptors (Lipinski definition) is 3. The molecule has 2 aromatic carbocycles. The highest BCUT2D eigenvalue weighted by Gasteiger charge is 2.24. The molecular weight excluding hydrogens is 390 g/mol. The minimum Gasteiger partial charge on any atom is -0.350 e. The molecule has 2 N–H and O–H groups in total. The molecule has 0 aromatic heterocycles. The van der Waals surface area contributed by atoms with E-state index < -0.39 is 0 Å². The number of amides is 3. The fourth-order valence-corrected chi connectivity index (χ4v) is 3.37. The van der Waals surface area contributed by atoms with Gasteiger partial charge in [0, 0.05) is 24.6 Å². The van der Waals surface area contributed by atoms with E-state index in [1.54, 1.807) is 47.4 Å². The standard InChI is InChI=1S/C22H24ClN3O3/c1-3-14(2)24-22(29)16-7-4-5-8-18(16)25-21(28)15-10-11-17(23)19(13-15)26-12-6-9-20(26)27/h4-5,7-8,10-11,13-14H,3,6,9,12H2,1-2H3,(H,24,29)(H,25,28). The summed E-state index contributed by atoms with van der Waals surface area (Å²) in [5, 5.41) is 6.13. The smallest absolute Gasteiger partial charge is 0.255 e. The summed E-state index contributed by atoms with van der Waals surface area (Å²) in [5.74, 6) is -0.621. The summed E-state index contributed by atoms with van der Waals surface area (Å²) >= 11 is 6.26. The molecule has 152 valence electrons. The number of carbonyl (C=O) groups excluding carboxylic acids is 3.